The van der Waals surface area contributed by atoms with E-state index in [0.29, 0.717) is 12.1 Å². The molecule has 0 amide bonds. The molecule has 7 unspecified atom stereocenters. The van der Waals surface area contributed by atoms with E-state index in [9.17, 15) is 0 Å². The highest BCUT2D eigenvalue weighted by Gasteiger charge is 2.50. The summed E-state index contributed by atoms with van der Waals surface area (Å²) in [5.74, 6) is 4.39. The van der Waals surface area contributed by atoms with Gasteiger partial charge in [-0.1, -0.05) is 0 Å². The third-order valence-corrected chi connectivity index (χ3v) is 11.0. The highest BCUT2D eigenvalue weighted by atomic mass is 15.3. The third kappa shape index (κ3) is 4.11. The summed E-state index contributed by atoms with van der Waals surface area (Å²) in [5.41, 5.74) is 0. The van der Waals surface area contributed by atoms with Crippen LogP contribution in [0.3, 0.4) is 0 Å². The lowest BCUT2D eigenvalue weighted by molar-refractivity contribution is 0.145. The number of likely N-dealkylation sites (tertiary alicyclic amines) is 3. The number of rotatable bonds is 7. The molecular weight excluding hydrogens is 408 g/mol. The Morgan fingerprint density at radius 1 is 0.636 bits per heavy atom. The average molecular weight is 459 g/mol. The fourth-order valence-corrected chi connectivity index (χ4v) is 9.32. The average Bonchev–Trinajstić information content (AvgIpc) is 3.57. The lowest BCUT2D eigenvalue weighted by Crippen LogP contribution is -2.43. The minimum Gasteiger partial charge on any atom is -0.315 e. The molecule has 0 aromatic heterocycles. The van der Waals surface area contributed by atoms with Crippen molar-refractivity contribution < 1.29 is 0 Å². The molecule has 0 aromatic carbocycles. The van der Waals surface area contributed by atoms with E-state index >= 15 is 0 Å². The third-order valence-electron chi connectivity index (χ3n) is 11.0. The molecule has 10 atom stereocenters. The summed E-state index contributed by atoms with van der Waals surface area (Å²) < 4.78 is 0. The van der Waals surface area contributed by atoms with Gasteiger partial charge in [0.2, 0.25) is 0 Å². The predicted molar refractivity (Wildman–Crippen MR) is 135 cm³/mol. The molecule has 6 aliphatic rings. The van der Waals surface area contributed by atoms with Crippen molar-refractivity contribution in [3.8, 4) is 0 Å². The Bertz CT molecular complexity index is 686. The molecule has 0 aromatic rings. The van der Waals surface area contributed by atoms with Gasteiger partial charge < -0.3 is 16.0 Å². The lowest BCUT2D eigenvalue weighted by Gasteiger charge is -2.33. The number of fused-ring (bicyclic) bond motifs is 3. The van der Waals surface area contributed by atoms with Crippen LogP contribution < -0.4 is 16.0 Å². The van der Waals surface area contributed by atoms with E-state index < -0.39 is 0 Å². The molecule has 0 saturated carbocycles. The quantitative estimate of drug-likeness (QED) is 0.534. The molecule has 3 N–H and O–H groups in total. The largest absolute Gasteiger partial charge is 0.315 e. The molecule has 6 nitrogen and oxygen atoms in total. The first-order chi connectivity index (χ1) is 16.0. The summed E-state index contributed by atoms with van der Waals surface area (Å²) in [6.07, 6.45) is 4.20. The first-order valence-corrected chi connectivity index (χ1v) is 14.4. The highest BCUT2D eigenvalue weighted by Crippen LogP contribution is 2.42. The molecule has 33 heavy (non-hydrogen) atoms. The Balaban J connectivity index is 1.09. The maximum atomic E-state index is 3.79. The van der Waals surface area contributed by atoms with Gasteiger partial charge in [0.05, 0.1) is 0 Å². The molecule has 6 rings (SSSR count). The number of nitrogens with zero attached hydrogens (tertiary/aromatic N) is 3. The van der Waals surface area contributed by atoms with Crippen LogP contribution in [-0.2, 0) is 0 Å². The topological polar surface area (TPSA) is 45.8 Å². The van der Waals surface area contributed by atoms with Gasteiger partial charge in [-0.05, 0) is 103 Å². The Hall–Kier alpha value is -0.240. The van der Waals surface area contributed by atoms with Gasteiger partial charge in [-0.15, -0.1) is 0 Å². The van der Waals surface area contributed by atoms with E-state index in [0.717, 1.165) is 53.8 Å². The van der Waals surface area contributed by atoms with Crippen LogP contribution in [0.1, 0.15) is 47.0 Å². The van der Waals surface area contributed by atoms with E-state index in [2.05, 4.69) is 58.3 Å². The molecular formula is C27H50N6. The van der Waals surface area contributed by atoms with Crippen molar-refractivity contribution in [1.82, 2.24) is 30.7 Å². The highest BCUT2D eigenvalue weighted by molar-refractivity contribution is 5.05. The fraction of sp³-hybridized carbons (Fsp3) is 1.00. The van der Waals surface area contributed by atoms with E-state index in [1.165, 1.54) is 78.2 Å². The van der Waals surface area contributed by atoms with Gasteiger partial charge in [-0.2, -0.15) is 0 Å². The van der Waals surface area contributed by atoms with E-state index in [1.54, 1.807) is 0 Å². The molecule has 0 bridgehead atoms. The number of nitrogens with one attached hydrogen (secondary N) is 3. The van der Waals surface area contributed by atoms with Gasteiger partial charge in [0.15, 0.2) is 0 Å². The van der Waals surface area contributed by atoms with E-state index in [4.69, 9.17) is 0 Å². The SMILES string of the molecule is CC(C)N1CC(CC(C)N2CC(CC(C)N3CC[C@@H]4CNCC43)[C@H]3CNC[C@H]32)C2CNCC21. The molecule has 6 saturated heterocycles. The Labute approximate surface area is 202 Å². The van der Waals surface area contributed by atoms with Crippen molar-refractivity contribution in [2.45, 2.75) is 83.2 Å². The summed E-state index contributed by atoms with van der Waals surface area (Å²) >= 11 is 0. The van der Waals surface area contributed by atoms with Gasteiger partial charge in [-0.25, -0.2) is 0 Å². The fourth-order valence-electron chi connectivity index (χ4n) is 9.32. The van der Waals surface area contributed by atoms with Crippen LogP contribution in [0, 0.1) is 29.6 Å². The van der Waals surface area contributed by atoms with Crippen molar-refractivity contribution in [3.63, 3.8) is 0 Å². The zero-order valence-electron chi connectivity index (χ0n) is 21.7. The first-order valence-electron chi connectivity index (χ1n) is 14.4. The van der Waals surface area contributed by atoms with Gasteiger partial charge in [0.25, 0.3) is 0 Å². The second kappa shape index (κ2) is 9.33. The molecule has 6 heterocycles. The van der Waals surface area contributed by atoms with Crippen LogP contribution in [0.4, 0.5) is 0 Å². The van der Waals surface area contributed by atoms with Crippen molar-refractivity contribution in [1.29, 1.82) is 0 Å². The molecule has 6 aliphatic heterocycles. The molecule has 188 valence electrons. The van der Waals surface area contributed by atoms with Crippen LogP contribution in [0.25, 0.3) is 0 Å². The Morgan fingerprint density at radius 3 is 1.85 bits per heavy atom. The zero-order valence-corrected chi connectivity index (χ0v) is 21.7. The summed E-state index contributed by atoms with van der Waals surface area (Å²) in [6.45, 7) is 21.3. The summed E-state index contributed by atoms with van der Waals surface area (Å²) in [7, 11) is 0. The van der Waals surface area contributed by atoms with Gasteiger partial charge in [0.1, 0.15) is 0 Å². The lowest BCUT2D eigenvalue weighted by atomic mass is 9.87. The minimum absolute atomic E-state index is 0.680. The maximum absolute atomic E-state index is 3.79. The normalized spacial score (nSPS) is 45.7. The summed E-state index contributed by atoms with van der Waals surface area (Å²) in [4.78, 5) is 8.64. The maximum Gasteiger partial charge on any atom is 0.0267 e. The second-order valence-electron chi connectivity index (χ2n) is 13.0. The van der Waals surface area contributed by atoms with E-state index in [-0.39, 0.29) is 0 Å². The smallest absolute Gasteiger partial charge is 0.0267 e. The molecule has 0 aliphatic carbocycles. The molecule has 0 spiro atoms. The van der Waals surface area contributed by atoms with E-state index in [1.807, 2.05) is 0 Å². The van der Waals surface area contributed by atoms with Crippen molar-refractivity contribution >= 4 is 0 Å². The number of hydrogen-bond acceptors (Lipinski definition) is 6. The zero-order chi connectivity index (χ0) is 22.7. The summed E-state index contributed by atoms with van der Waals surface area (Å²) in [6, 6.07) is 4.50. The monoisotopic (exact) mass is 458 g/mol. The van der Waals surface area contributed by atoms with Crippen LogP contribution >= 0.6 is 0 Å². The minimum atomic E-state index is 0.680. The molecule has 6 heteroatoms. The van der Waals surface area contributed by atoms with Crippen LogP contribution in [0.2, 0.25) is 0 Å². The number of hydrogen-bond donors (Lipinski definition) is 3. The van der Waals surface area contributed by atoms with Gasteiger partial charge in [0, 0.05) is 69.0 Å². The standard InChI is InChI=1S/C27H50N6/c1-17(2)32-15-21(23-10-29-13-26(23)32)8-19(4)33-16-22(24-11-30-14-27(24)33)7-18(3)31-6-5-20-9-28-12-25(20)31/h17-30H,5-16H2,1-4H3/t18?,19?,20-,21?,22?,23?,24-,25?,26?,27-/m1/s1. The molecule has 6 fully saturated rings. The van der Waals surface area contributed by atoms with Crippen molar-refractivity contribution in [2.24, 2.45) is 29.6 Å². The second-order valence-corrected chi connectivity index (χ2v) is 13.0. The summed E-state index contributed by atoms with van der Waals surface area (Å²) in [5, 5.41) is 11.2. The first kappa shape index (κ1) is 23.2. The van der Waals surface area contributed by atoms with Gasteiger partial charge in [-0.3, -0.25) is 14.7 Å². The van der Waals surface area contributed by atoms with Crippen LogP contribution in [0.5, 0.6) is 0 Å². The molecule has 0 radical (unpaired) electrons. The van der Waals surface area contributed by atoms with Crippen molar-refractivity contribution in [3.05, 3.63) is 0 Å². The van der Waals surface area contributed by atoms with Gasteiger partial charge >= 0.3 is 0 Å². The Kier molecular flexibility index (Phi) is 6.55. The predicted octanol–water partition coefficient (Wildman–Crippen LogP) is 1.29. The Morgan fingerprint density at radius 2 is 1.18 bits per heavy atom. The van der Waals surface area contributed by atoms with Crippen LogP contribution in [0.15, 0.2) is 0 Å². The van der Waals surface area contributed by atoms with Crippen LogP contribution in [-0.4, -0.2) is 110 Å². The van der Waals surface area contributed by atoms with Crippen molar-refractivity contribution in [2.75, 3.05) is 58.9 Å².